The lowest BCUT2D eigenvalue weighted by Crippen LogP contribution is -2.92. The van der Waals surface area contributed by atoms with Crippen LogP contribution < -0.4 is 15.4 Å². The van der Waals surface area contributed by atoms with Gasteiger partial charge in [-0.2, -0.15) is 0 Å². The lowest BCUT2D eigenvalue weighted by molar-refractivity contribution is -0.397. The summed E-state index contributed by atoms with van der Waals surface area (Å²) in [7, 11) is 0. The molecule has 6 aliphatic rings. The number of hydrogen-bond acceptors (Lipinski definition) is 5. The molecule has 5 fully saturated rings. The summed E-state index contributed by atoms with van der Waals surface area (Å²) in [6, 6.07) is 13.5. The highest BCUT2D eigenvalue weighted by molar-refractivity contribution is 6.05. The Balaban J connectivity index is 0.903. The first-order valence-corrected chi connectivity index (χ1v) is 13.7. The van der Waals surface area contributed by atoms with Gasteiger partial charge in [0.2, 0.25) is 11.8 Å². The topological polar surface area (TPSA) is 87.7 Å². The number of ether oxygens (including phenoxy) is 1. The first-order chi connectivity index (χ1) is 18.0. The van der Waals surface area contributed by atoms with Crippen LogP contribution >= 0.6 is 0 Å². The van der Waals surface area contributed by atoms with Gasteiger partial charge in [0.1, 0.15) is 18.4 Å². The second-order valence-electron chi connectivity index (χ2n) is 12.1. The van der Waals surface area contributed by atoms with Crippen molar-refractivity contribution in [2.75, 3.05) is 0 Å². The lowest BCUT2D eigenvalue weighted by Gasteiger charge is -2.91. The molecule has 2 aromatic carbocycles. The third-order valence-electron chi connectivity index (χ3n) is 10.8. The summed E-state index contributed by atoms with van der Waals surface area (Å²) >= 11 is 0. The van der Waals surface area contributed by atoms with E-state index in [0.29, 0.717) is 41.8 Å². The van der Waals surface area contributed by atoms with Crippen LogP contribution in [-0.4, -0.2) is 34.2 Å². The monoisotopic (exact) mass is 497 g/mol. The Morgan fingerprint density at radius 3 is 2.43 bits per heavy atom. The molecule has 1 spiro atoms. The molecule has 0 radical (unpaired) electrons. The zero-order valence-electron chi connectivity index (χ0n) is 20.8. The van der Waals surface area contributed by atoms with E-state index in [0.717, 1.165) is 35.4 Å². The van der Waals surface area contributed by atoms with Gasteiger partial charge in [0.05, 0.1) is 6.54 Å². The molecule has 4 saturated carbocycles. The summed E-state index contributed by atoms with van der Waals surface area (Å²) in [5.74, 6) is 2.85. The van der Waals surface area contributed by atoms with E-state index in [1.807, 2.05) is 12.1 Å². The minimum atomic E-state index is -0.623. The van der Waals surface area contributed by atoms with E-state index in [1.165, 1.54) is 31.2 Å². The highest BCUT2D eigenvalue weighted by Gasteiger charge is 2.87. The molecule has 2 aliphatic heterocycles. The van der Waals surface area contributed by atoms with Gasteiger partial charge in [-0.25, -0.2) is 0 Å². The van der Waals surface area contributed by atoms with Crippen LogP contribution in [0.5, 0.6) is 5.75 Å². The number of imide groups is 1. The number of hydrogen-bond donors (Lipinski definition) is 2. The Labute approximate surface area is 215 Å². The number of piperidine rings is 1. The van der Waals surface area contributed by atoms with E-state index < -0.39 is 11.9 Å². The van der Waals surface area contributed by atoms with Crippen molar-refractivity contribution in [1.29, 1.82) is 0 Å². The number of carbonyl (C=O) groups is 3. The van der Waals surface area contributed by atoms with Gasteiger partial charge in [0, 0.05) is 29.6 Å². The fraction of sp³-hybridized carbons (Fsp3) is 0.500. The Morgan fingerprint density at radius 2 is 1.73 bits per heavy atom. The van der Waals surface area contributed by atoms with Crippen molar-refractivity contribution < 1.29 is 19.1 Å². The van der Waals surface area contributed by atoms with Crippen molar-refractivity contribution in [3.05, 3.63) is 64.7 Å². The molecule has 7 heteroatoms. The fourth-order valence-electron chi connectivity index (χ4n) is 9.11. The van der Waals surface area contributed by atoms with Crippen molar-refractivity contribution in [3.8, 4) is 5.75 Å². The molecule has 2 N–H and O–H groups in total. The number of fused-ring (bicyclic) bond motifs is 1. The zero-order chi connectivity index (χ0) is 24.9. The molecular weight excluding hydrogens is 466 g/mol. The van der Waals surface area contributed by atoms with Gasteiger partial charge in [0.15, 0.2) is 0 Å². The van der Waals surface area contributed by atoms with E-state index in [9.17, 15) is 14.4 Å². The Morgan fingerprint density at radius 1 is 0.973 bits per heavy atom. The minimum absolute atomic E-state index is 0.184. The minimum Gasteiger partial charge on any atom is -0.489 e. The highest BCUT2D eigenvalue weighted by Crippen LogP contribution is 2.89. The molecule has 3 atom stereocenters. The van der Waals surface area contributed by atoms with E-state index in [4.69, 9.17) is 4.74 Å². The maximum Gasteiger partial charge on any atom is 0.255 e. The Hall–Kier alpha value is -3.19. The Kier molecular flexibility index (Phi) is 4.39. The van der Waals surface area contributed by atoms with Gasteiger partial charge in [-0.1, -0.05) is 30.3 Å². The van der Waals surface area contributed by atoms with Gasteiger partial charge in [-0.15, -0.1) is 0 Å². The number of nitrogens with zero attached hydrogens (tertiary/aromatic N) is 1. The number of nitrogens with one attached hydrogen (secondary N) is 2. The van der Waals surface area contributed by atoms with Gasteiger partial charge in [-0.3, -0.25) is 19.7 Å². The smallest absolute Gasteiger partial charge is 0.255 e. The Bertz CT molecular complexity index is 1330. The van der Waals surface area contributed by atoms with E-state index in [-0.39, 0.29) is 18.2 Å². The molecule has 7 nitrogen and oxygen atoms in total. The van der Waals surface area contributed by atoms with Crippen LogP contribution in [0.3, 0.4) is 0 Å². The molecule has 2 heterocycles. The molecule has 3 unspecified atom stereocenters. The highest BCUT2D eigenvalue weighted by atomic mass is 16.5. The third-order valence-corrected chi connectivity index (χ3v) is 10.8. The van der Waals surface area contributed by atoms with Gasteiger partial charge >= 0.3 is 0 Å². The SMILES string of the molecule is O=C1CCC(N2Cc3c(OCc4ccc(CNC56CC7CC8CC(C5)C876)cc4)cccc3C2=O)C(=O)N1. The first-order valence-electron chi connectivity index (χ1n) is 13.7. The number of rotatable bonds is 7. The molecule has 4 aliphatic carbocycles. The average molecular weight is 498 g/mol. The van der Waals surface area contributed by atoms with Crippen molar-refractivity contribution in [2.45, 2.75) is 69.8 Å². The predicted molar refractivity (Wildman–Crippen MR) is 134 cm³/mol. The summed E-state index contributed by atoms with van der Waals surface area (Å²) in [5.41, 5.74) is 4.90. The lowest BCUT2D eigenvalue weighted by atomic mass is 9.15. The van der Waals surface area contributed by atoms with E-state index >= 15 is 0 Å². The van der Waals surface area contributed by atoms with Crippen LogP contribution in [0, 0.1) is 23.2 Å². The van der Waals surface area contributed by atoms with E-state index in [2.05, 4.69) is 34.9 Å². The number of carbonyl (C=O) groups excluding carboxylic acids is 3. The van der Waals surface area contributed by atoms with Crippen LogP contribution in [0.15, 0.2) is 42.5 Å². The van der Waals surface area contributed by atoms with Crippen LogP contribution in [0.4, 0.5) is 0 Å². The normalized spacial score (nSPS) is 36.2. The third kappa shape index (κ3) is 2.78. The maximum absolute atomic E-state index is 13.0. The molecule has 37 heavy (non-hydrogen) atoms. The van der Waals surface area contributed by atoms with Crippen LogP contribution in [0.1, 0.15) is 65.6 Å². The molecular formula is C30H31N3O4. The van der Waals surface area contributed by atoms with Crippen LogP contribution in [0.25, 0.3) is 0 Å². The van der Waals surface area contributed by atoms with E-state index in [1.54, 1.807) is 11.0 Å². The van der Waals surface area contributed by atoms with Crippen molar-refractivity contribution in [2.24, 2.45) is 23.2 Å². The average Bonchev–Trinajstić information content (AvgIpc) is 3.18. The summed E-state index contributed by atoms with van der Waals surface area (Å²) in [5, 5.41) is 6.31. The van der Waals surface area contributed by atoms with Crippen LogP contribution in [-0.2, 0) is 29.3 Å². The number of amides is 3. The summed E-state index contributed by atoms with van der Waals surface area (Å²) in [6.07, 6.45) is 6.35. The van der Waals surface area contributed by atoms with Gasteiger partial charge in [0.25, 0.3) is 5.91 Å². The largest absolute Gasteiger partial charge is 0.489 e. The standard InChI is InChI=1S/C30H31N3O4/c34-26-9-8-24(27(35)32-26)33-15-23-22(28(33)36)2-1-3-25(23)37-16-18-6-4-17(5-7-18)14-31-29-12-20-10-19-11-21(13-29)30(19,20)29/h1-7,19-21,24,31H,8-16H2,(H,32,34,35). The summed E-state index contributed by atoms with van der Waals surface area (Å²) in [6.45, 7) is 1.65. The summed E-state index contributed by atoms with van der Waals surface area (Å²) in [4.78, 5) is 38.5. The molecule has 0 bridgehead atoms. The second kappa shape index (κ2) is 7.44. The van der Waals surface area contributed by atoms with Crippen LogP contribution in [0.2, 0.25) is 0 Å². The first kappa shape index (κ1) is 21.9. The van der Waals surface area contributed by atoms with Gasteiger partial charge < -0.3 is 15.0 Å². The molecule has 190 valence electrons. The summed E-state index contributed by atoms with van der Waals surface area (Å²) < 4.78 is 6.17. The predicted octanol–water partition coefficient (Wildman–Crippen LogP) is 3.30. The quantitative estimate of drug-likeness (QED) is 0.573. The maximum atomic E-state index is 13.0. The molecule has 1 saturated heterocycles. The molecule has 2 aromatic rings. The second-order valence-corrected chi connectivity index (χ2v) is 12.1. The van der Waals surface area contributed by atoms with Crippen molar-refractivity contribution in [3.63, 3.8) is 0 Å². The number of benzene rings is 2. The van der Waals surface area contributed by atoms with Crippen molar-refractivity contribution >= 4 is 17.7 Å². The molecule has 0 aromatic heterocycles. The molecule has 8 rings (SSSR count). The zero-order valence-corrected chi connectivity index (χ0v) is 20.8. The van der Waals surface area contributed by atoms with Gasteiger partial charge in [-0.05, 0) is 78.5 Å². The molecule has 3 amide bonds. The fourth-order valence-corrected chi connectivity index (χ4v) is 9.11. The van der Waals surface area contributed by atoms with Crippen molar-refractivity contribution in [1.82, 2.24) is 15.5 Å².